The SMILES string of the molecule is CCCN(C)c1cnn(CC2(CBr)CCCCC2)c(=O)c1. The van der Waals surface area contributed by atoms with Crippen molar-refractivity contribution in [3.63, 3.8) is 0 Å². The molecule has 0 N–H and O–H groups in total. The fraction of sp³-hybridized carbons (Fsp3) is 0.750. The molecule has 0 aliphatic heterocycles. The molecule has 0 bridgehead atoms. The van der Waals surface area contributed by atoms with Crippen molar-refractivity contribution in [3.05, 3.63) is 22.6 Å². The van der Waals surface area contributed by atoms with Gasteiger partial charge in [-0.15, -0.1) is 0 Å². The van der Waals surface area contributed by atoms with Gasteiger partial charge in [-0.2, -0.15) is 5.10 Å². The average molecular weight is 356 g/mol. The standard InChI is InChI=1S/C16H26BrN3O/c1-3-9-19(2)14-10-15(21)20(18-11-14)13-16(12-17)7-5-4-6-8-16/h10-11H,3-9,12-13H2,1-2H3. The van der Waals surface area contributed by atoms with Crippen LogP contribution in [0.2, 0.25) is 0 Å². The van der Waals surface area contributed by atoms with Gasteiger partial charge in [0, 0.05) is 25.0 Å². The highest BCUT2D eigenvalue weighted by Crippen LogP contribution is 2.38. The van der Waals surface area contributed by atoms with Crippen molar-refractivity contribution in [1.29, 1.82) is 0 Å². The zero-order valence-corrected chi connectivity index (χ0v) is 14.7. The van der Waals surface area contributed by atoms with E-state index in [1.807, 2.05) is 13.2 Å². The van der Waals surface area contributed by atoms with Crippen molar-refractivity contribution >= 4 is 21.6 Å². The summed E-state index contributed by atoms with van der Waals surface area (Å²) in [6.07, 6.45) is 9.09. The highest BCUT2D eigenvalue weighted by Gasteiger charge is 2.32. The van der Waals surface area contributed by atoms with Gasteiger partial charge in [0.05, 0.1) is 18.4 Å². The lowest BCUT2D eigenvalue weighted by Gasteiger charge is -2.35. The highest BCUT2D eigenvalue weighted by atomic mass is 79.9. The Balaban J connectivity index is 2.15. The number of rotatable bonds is 6. The number of halogens is 1. The fourth-order valence-electron chi connectivity index (χ4n) is 3.17. The quantitative estimate of drug-likeness (QED) is 0.733. The Labute approximate surface area is 135 Å². The van der Waals surface area contributed by atoms with Crippen molar-refractivity contribution < 1.29 is 0 Å². The van der Waals surface area contributed by atoms with Crippen molar-refractivity contribution in [2.45, 2.75) is 52.0 Å². The van der Waals surface area contributed by atoms with E-state index in [2.05, 4.69) is 32.9 Å². The third kappa shape index (κ3) is 4.09. The normalized spacial score (nSPS) is 17.7. The summed E-state index contributed by atoms with van der Waals surface area (Å²) in [5.74, 6) is 0. The smallest absolute Gasteiger partial charge is 0.268 e. The van der Waals surface area contributed by atoms with Gasteiger partial charge in [0.2, 0.25) is 0 Å². The summed E-state index contributed by atoms with van der Waals surface area (Å²) in [7, 11) is 2.01. The number of alkyl halides is 1. The molecule has 1 aromatic rings. The Morgan fingerprint density at radius 1 is 1.38 bits per heavy atom. The maximum Gasteiger partial charge on any atom is 0.268 e. The van der Waals surface area contributed by atoms with E-state index in [1.54, 1.807) is 10.7 Å². The summed E-state index contributed by atoms with van der Waals surface area (Å²) in [5, 5.41) is 5.36. The van der Waals surface area contributed by atoms with E-state index in [1.165, 1.54) is 32.1 Å². The minimum absolute atomic E-state index is 0.0151. The van der Waals surface area contributed by atoms with Crippen molar-refractivity contribution in [2.24, 2.45) is 5.41 Å². The van der Waals surface area contributed by atoms with Gasteiger partial charge in [0.25, 0.3) is 5.56 Å². The minimum atomic E-state index is 0.0151. The van der Waals surface area contributed by atoms with Gasteiger partial charge in [-0.3, -0.25) is 4.79 Å². The van der Waals surface area contributed by atoms with Gasteiger partial charge in [-0.1, -0.05) is 42.1 Å². The Kier molecular flexibility index (Phi) is 5.85. The molecule has 21 heavy (non-hydrogen) atoms. The first-order chi connectivity index (χ1) is 10.1. The molecule has 0 amide bonds. The van der Waals surface area contributed by atoms with Crippen molar-refractivity contribution in [1.82, 2.24) is 9.78 Å². The van der Waals surface area contributed by atoms with Crippen LogP contribution in [0.5, 0.6) is 0 Å². The Bertz CT molecular complexity index is 508. The van der Waals surface area contributed by atoms with Gasteiger partial charge in [-0.25, -0.2) is 4.68 Å². The van der Waals surface area contributed by atoms with Crippen molar-refractivity contribution in [3.8, 4) is 0 Å². The molecule has 1 fully saturated rings. The first kappa shape index (κ1) is 16.5. The molecule has 0 radical (unpaired) electrons. The zero-order valence-electron chi connectivity index (χ0n) is 13.1. The van der Waals surface area contributed by atoms with Crippen LogP contribution in [0.4, 0.5) is 5.69 Å². The lowest BCUT2D eigenvalue weighted by atomic mass is 9.75. The summed E-state index contributed by atoms with van der Waals surface area (Å²) in [6.45, 7) is 3.80. The predicted molar refractivity (Wildman–Crippen MR) is 91.4 cm³/mol. The molecule has 5 heteroatoms. The number of hydrogen-bond acceptors (Lipinski definition) is 3. The molecule has 1 aliphatic rings. The molecule has 0 atom stereocenters. The van der Waals surface area contributed by atoms with Gasteiger partial charge in [0.15, 0.2) is 0 Å². The van der Waals surface area contributed by atoms with Crippen LogP contribution < -0.4 is 10.5 Å². The Morgan fingerprint density at radius 2 is 2.10 bits per heavy atom. The van der Waals surface area contributed by atoms with E-state index in [9.17, 15) is 4.79 Å². The third-order valence-corrected chi connectivity index (χ3v) is 5.73. The second-order valence-corrected chi connectivity index (χ2v) is 6.89. The molecule has 1 aromatic heterocycles. The molecular weight excluding hydrogens is 330 g/mol. The summed E-state index contributed by atoms with van der Waals surface area (Å²) in [4.78, 5) is 14.4. The van der Waals surface area contributed by atoms with Gasteiger partial charge in [-0.05, 0) is 24.7 Å². The molecule has 2 rings (SSSR count). The van der Waals surface area contributed by atoms with Crippen LogP contribution in [0.25, 0.3) is 0 Å². The Hall–Kier alpha value is -0.840. The first-order valence-electron chi connectivity index (χ1n) is 7.94. The van der Waals surface area contributed by atoms with Gasteiger partial charge in [0.1, 0.15) is 0 Å². The number of hydrogen-bond donors (Lipinski definition) is 0. The molecular formula is C16H26BrN3O. The molecule has 0 unspecified atom stereocenters. The summed E-state index contributed by atoms with van der Waals surface area (Å²) < 4.78 is 1.65. The highest BCUT2D eigenvalue weighted by molar-refractivity contribution is 9.09. The monoisotopic (exact) mass is 355 g/mol. The third-order valence-electron chi connectivity index (χ3n) is 4.54. The topological polar surface area (TPSA) is 38.1 Å². The van der Waals surface area contributed by atoms with Gasteiger partial charge >= 0.3 is 0 Å². The second kappa shape index (κ2) is 7.43. The van der Waals surface area contributed by atoms with Crippen LogP contribution in [-0.4, -0.2) is 28.7 Å². The van der Waals surface area contributed by atoms with Crippen LogP contribution in [0.1, 0.15) is 45.4 Å². The predicted octanol–water partition coefficient (Wildman–Crippen LogP) is 3.43. The maximum absolute atomic E-state index is 12.3. The largest absolute Gasteiger partial charge is 0.373 e. The van der Waals surface area contributed by atoms with E-state index >= 15 is 0 Å². The number of anilines is 1. The molecule has 1 saturated carbocycles. The van der Waals surface area contributed by atoms with Crippen LogP contribution in [0, 0.1) is 5.41 Å². The van der Waals surface area contributed by atoms with Gasteiger partial charge < -0.3 is 4.90 Å². The minimum Gasteiger partial charge on any atom is -0.373 e. The summed E-state index contributed by atoms with van der Waals surface area (Å²) in [6, 6.07) is 1.72. The number of nitrogens with zero attached hydrogens (tertiary/aromatic N) is 3. The molecule has 1 aliphatic carbocycles. The molecule has 4 nitrogen and oxygen atoms in total. The molecule has 0 aromatic carbocycles. The Morgan fingerprint density at radius 3 is 2.67 bits per heavy atom. The lowest BCUT2D eigenvalue weighted by Crippen LogP contribution is -2.36. The summed E-state index contributed by atoms with van der Waals surface area (Å²) in [5.41, 5.74) is 1.13. The van der Waals surface area contributed by atoms with Crippen LogP contribution in [0.3, 0.4) is 0 Å². The van der Waals surface area contributed by atoms with E-state index in [4.69, 9.17) is 0 Å². The van der Waals surface area contributed by atoms with Crippen LogP contribution in [-0.2, 0) is 6.54 Å². The second-order valence-electron chi connectivity index (χ2n) is 6.33. The first-order valence-corrected chi connectivity index (χ1v) is 9.07. The number of aromatic nitrogens is 2. The van der Waals surface area contributed by atoms with Crippen molar-refractivity contribution in [2.75, 3.05) is 23.8 Å². The molecule has 1 heterocycles. The lowest BCUT2D eigenvalue weighted by molar-refractivity contribution is 0.180. The maximum atomic E-state index is 12.3. The molecule has 0 saturated heterocycles. The van der Waals surface area contributed by atoms with E-state index in [0.717, 1.165) is 30.5 Å². The average Bonchev–Trinajstić information content (AvgIpc) is 2.50. The zero-order chi connectivity index (χ0) is 15.3. The fourth-order valence-corrected chi connectivity index (χ4v) is 3.91. The molecule has 0 spiro atoms. The molecule has 118 valence electrons. The van der Waals surface area contributed by atoms with E-state index in [-0.39, 0.29) is 11.0 Å². The van der Waals surface area contributed by atoms with E-state index < -0.39 is 0 Å². The van der Waals surface area contributed by atoms with E-state index in [0.29, 0.717) is 0 Å². The summed E-state index contributed by atoms with van der Waals surface area (Å²) >= 11 is 3.66. The van der Waals surface area contributed by atoms with Crippen LogP contribution >= 0.6 is 15.9 Å². The van der Waals surface area contributed by atoms with Crippen LogP contribution in [0.15, 0.2) is 17.1 Å².